The van der Waals surface area contributed by atoms with Crippen LogP contribution >= 0.6 is 0 Å². The average molecular weight is 182 g/mol. The Morgan fingerprint density at radius 3 is 2.77 bits per heavy atom. The molecule has 1 aromatic rings. The number of hydrogen-bond donors (Lipinski definition) is 1. The first-order valence-corrected chi connectivity index (χ1v) is 4.88. The Labute approximate surface area is 79.6 Å². The normalized spacial score (nSPS) is 13.2. The van der Waals surface area contributed by atoms with Crippen molar-refractivity contribution in [2.75, 3.05) is 6.61 Å². The van der Waals surface area contributed by atoms with Crippen molar-refractivity contribution in [3.05, 3.63) is 23.7 Å². The van der Waals surface area contributed by atoms with Gasteiger partial charge in [0.25, 0.3) is 0 Å². The molecule has 2 heteroatoms. The molecule has 74 valence electrons. The SMILES string of the molecule is Cc1ccc(CCCC(C)CO)o1. The fourth-order valence-corrected chi connectivity index (χ4v) is 1.34. The van der Waals surface area contributed by atoms with Gasteiger partial charge in [0, 0.05) is 13.0 Å². The van der Waals surface area contributed by atoms with Crippen molar-refractivity contribution in [1.29, 1.82) is 0 Å². The summed E-state index contributed by atoms with van der Waals surface area (Å²) in [6, 6.07) is 4.02. The van der Waals surface area contributed by atoms with Gasteiger partial charge in [0.1, 0.15) is 11.5 Å². The van der Waals surface area contributed by atoms with E-state index in [1.165, 1.54) is 0 Å². The van der Waals surface area contributed by atoms with E-state index in [-0.39, 0.29) is 6.61 Å². The molecule has 1 aromatic heterocycles. The van der Waals surface area contributed by atoms with Crippen molar-refractivity contribution in [3.63, 3.8) is 0 Å². The predicted molar refractivity (Wildman–Crippen MR) is 52.6 cm³/mol. The van der Waals surface area contributed by atoms with Gasteiger partial charge < -0.3 is 9.52 Å². The Bertz CT molecular complexity index is 240. The van der Waals surface area contributed by atoms with E-state index < -0.39 is 0 Å². The largest absolute Gasteiger partial charge is 0.466 e. The van der Waals surface area contributed by atoms with E-state index in [1.54, 1.807) is 0 Å². The monoisotopic (exact) mass is 182 g/mol. The van der Waals surface area contributed by atoms with Crippen molar-refractivity contribution >= 4 is 0 Å². The average Bonchev–Trinajstić information content (AvgIpc) is 2.51. The third kappa shape index (κ3) is 3.64. The minimum Gasteiger partial charge on any atom is -0.466 e. The molecule has 0 aromatic carbocycles. The van der Waals surface area contributed by atoms with Crippen molar-refractivity contribution in [2.24, 2.45) is 5.92 Å². The number of aryl methyl sites for hydroxylation is 2. The summed E-state index contributed by atoms with van der Waals surface area (Å²) in [7, 11) is 0. The lowest BCUT2D eigenvalue weighted by molar-refractivity contribution is 0.227. The van der Waals surface area contributed by atoms with Gasteiger partial charge in [0.2, 0.25) is 0 Å². The van der Waals surface area contributed by atoms with Crippen LogP contribution in [0.2, 0.25) is 0 Å². The molecule has 0 saturated carbocycles. The smallest absolute Gasteiger partial charge is 0.104 e. The van der Waals surface area contributed by atoms with Gasteiger partial charge in [-0.1, -0.05) is 6.92 Å². The van der Waals surface area contributed by atoms with Crippen LogP contribution in [0.3, 0.4) is 0 Å². The van der Waals surface area contributed by atoms with Crippen LogP contribution in [0.5, 0.6) is 0 Å². The fraction of sp³-hybridized carbons (Fsp3) is 0.636. The van der Waals surface area contributed by atoms with Crippen molar-refractivity contribution in [2.45, 2.75) is 33.1 Å². The highest BCUT2D eigenvalue weighted by atomic mass is 16.3. The van der Waals surface area contributed by atoms with Gasteiger partial charge >= 0.3 is 0 Å². The Morgan fingerprint density at radius 1 is 1.46 bits per heavy atom. The number of aliphatic hydroxyl groups excluding tert-OH is 1. The zero-order valence-electron chi connectivity index (χ0n) is 8.42. The molecule has 1 N–H and O–H groups in total. The summed E-state index contributed by atoms with van der Waals surface area (Å²) < 4.78 is 5.44. The minimum absolute atomic E-state index is 0.289. The first kappa shape index (κ1) is 10.3. The highest BCUT2D eigenvalue weighted by Gasteiger charge is 2.02. The number of aliphatic hydroxyl groups is 1. The first-order valence-electron chi connectivity index (χ1n) is 4.88. The van der Waals surface area contributed by atoms with Gasteiger partial charge in [-0.3, -0.25) is 0 Å². The topological polar surface area (TPSA) is 33.4 Å². The molecule has 2 nitrogen and oxygen atoms in total. The summed E-state index contributed by atoms with van der Waals surface area (Å²) in [5.74, 6) is 2.45. The summed E-state index contributed by atoms with van der Waals surface area (Å²) in [6.45, 7) is 4.31. The van der Waals surface area contributed by atoms with Gasteiger partial charge in [-0.05, 0) is 37.8 Å². The van der Waals surface area contributed by atoms with Crippen LogP contribution in [-0.4, -0.2) is 11.7 Å². The van der Waals surface area contributed by atoms with Crippen LogP contribution in [0.1, 0.15) is 31.3 Å². The van der Waals surface area contributed by atoms with E-state index in [0.717, 1.165) is 30.8 Å². The Hall–Kier alpha value is -0.760. The quantitative estimate of drug-likeness (QED) is 0.759. The second-order valence-corrected chi connectivity index (χ2v) is 3.69. The molecule has 0 spiro atoms. The van der Waals surface area contributed by atoms with Gasteiger partial charge in [-0.25, -0.2) is 0 Å². The Kier molecular flexibility index (Phi) is 4.03. The maximum absolute atomic E-state index is 8.81. The summed E-state index contributed by atoms with van der Waals surface area (Å²) in [5.41, 5.74) is 0. The van der Waals surface area contributed by atoms with Crippen LogP contribution in [0.15, 0.2) is 16.5 Å². The highest BCUT2D eigenvalue weighted by Crippen LogP contribution is 2.12. The third-order valence-electron chi connectivity index (χ3n) is 2.23. The van der Waals surface area contributed by atoms with Crippen LogP contribution in [0, 0.1) is 12.8 Å². The van der Waals surface area contributed by atoms with E-state index in [2.05, 4.69) is 6.92 Å². The minimum atomic E-state index is 0.289. The van der Waals surface area contributed by atoms with E-state index in [0.29, 0.717) is 5.92 Å². The van der Waals surface area contributed by atoms with Crippen LogP contribution in [0.25, 0.3) is 0 Å². The lowest BCUT2D eigenvalue weighted by Crippen LogP contribution is -2.00. The zero-order chi connectivity index (χ0) is 9.68. The molecule has 0 bridgehead atoms. The molecule has 13 heavy (non-hydrogen) atoms. The standard InChI is InChI=1S/C11H18O2/c1-9(8-12)4-3-5-11-7-6-10(2)13-11/h6-7,9,12H,3-5,8H2,1-2H3. The molecule has 1 heterocycles. The lowest BCUT2D eigenvalue weighted by Gasteiger charge is -2.05. The van der Waals surface area contributed by atoms with Gasteiger partial charge in [-0.15, -0.1) is 0 Å². The third-order valence-corrected chi connectivity index (χ3v) is 2.23. The Balaban J connectivity index is 2.20. The van der Waals surface area contributed by atoms with Crippen molar-refractivity contribution in [1.82, 2.24) is 0 Å². The molecule has 0 amide bonds. The highest BCUT2D eigenvalue weighted by molar-refractivity contribution is 5.05. The molecule has 0 aliphatic rings. The molecular formula is C11H18O2. The molecule has 0 radical (unpaired) electrons. The van der Waals surface area contributed by atoms with Crippen LogP contribution in [-0.2, 0) is 6.42 Å². The number of furan rings is 1. The van der Waals surface area contributed by atoms with E-state index in [4.69, 9.17) is 9.52 Å². The maximum atomic E-state index is 8.81. The van der Waals surface area contributed by atoms with Crippen LogP contribution in [0.4, 0.5) is 0 Å². The van der Waals surface area contributed by atoms with Crippen molar-refractivity contribution in [3.8, 4) is 0 Å². The van der Waals surface area contributed by atoms with E-state index in [1.807, 2.05) is 19.1 Å². The number of rotatable bonds is 5. The molecule has 0 fully saturated rings. The summed E-state index contributed by atoms with van der Waals surface area (Å²) in [6.07, 6.45) is 3.14. The molecule has 1 unspecified atom stereocenters. The summed E-state index contributed by atoms with van der Waals surface area (Å²) >= 11 is 0. The summed E-state index contributed by atoms with van der Waals surface area (Å²) in [4.78, 5) is 0. The Morgan fingerprint density at radius 2 is 2.23 bits per heavy atom. The molecular weight excluding hydrogens is 164 g/mol. The second kappa shape index (κ2) is 5.07. The predicted octanol–water partition coefficient (Wildman–Crippen LogP) is 2.54. The van der Waals surface area contributed by atoms with E-state index >= 15 is 0 Å². The van der Waals surface area contributed by atoms with Crippen LogP contribution < -0.4 is 0 Å². The molecule has 0 saturated heterocycles. The van der Waals surface area contributed by atoms with Gasteiger partial charge in [-0.2, -0.15) is 0 Å². The second-order valence-electron chi connectivity index (χ2n) is 3.69. The lowest BCUT2D eigenvalue weighted by atomic mass is 10.0. The molecule has 0 aliphatic heterocycles. The molecule has 0 aliphatic carbocycles. The van der Waals surface area contributed by atoms with Gasteiger partial charge in [0.05, 0.1) is 0 Å². The summed E-state index contributed by atoms with van der Waals surface area (Å²) in [5, 5.41) is 8.81. The van der Waals surface area contributed by atoms with Gasteiger partial charge in [0.15, 0.2) is 0 Å². The molecule has 1 atom stereocenters. The fourth-order valence-electron chi connectivity index (χ4n) is 1.34. The van der Waals surface area contributed by atoms with Crippen molar-refractivity contribution < 1.29 is 9.52 Å². The maximum Gasteiger partial charge on any atom is 0.104 e. The zero-order valence-corrected chi connectivity index (χ0v) is 8.42. The first-order chi connectivity index (χ1) is 6.22. The van der Waals surface area contributed by atoms with E-state index in [9.17, 15) is 0 Å². The number of hydrogen-bond acceptors (Lipinski definition) is 2. The molecule has 1 rings (SSSR count).